The Bertz CT molecular complexity index is 2720. The Hall–Kier alpha value is -6.86. The van der Waals surface area contributed by atoms with E-state index in [-0.39, 0.29) is 44.1 Å². The van der Waals surface area contributed by atoms with Crippen molar-refractivity contribution in [2.75, 3.05) is 63.2 Å². The van der Waals surface area contributed by atoms with Gasteiger partial charge in [-0.1, -0.05) is 12.2 Å². The SMILES string of the molecule is CCn1nc(C)cc1C(=O)Nc1nc2cc(C=O)cc3c2n1C/C=C/Cn1c(NC(=O)c2cc(C)nn2CC)nc2cc(C(=O)NCCCCN4CCOCC4)cc(c21)OCCCO3. The van der Waals surface area contributed by atoms with Crippen LogP contribution in [0.3, 0.4) is 0 Å². The molecule has 0 bridgehead atoms. The number of aldehydes is 1. The van der Waals surface area contributed by atoms with Crippen molar-refractivity contribution in [2.45, 2.75) is 73.1 Å². The molecule has 3 amide bonds. The summed E-state index contributed by atoms with van der Waals surface area (Å²) in [5.74, 6) is 0.277. The Morgan fingerprint density at radius 3 is 1.83 bits per heavy atom. The minimum absolute atomic E-state index is 0.195. The summed E-state index contributed by atoms with van der Waals surface area (Å²) in [7, 11) is 0. The molecule has 8 rings (SSSR count). The Kier molecular flexibility index (Phi) is 13.5. The number of aryl methyl sites for hydroxylation is 4. The number of amides is 3. The molecule has 2 aliphatic heterocycles. The number of anilines is 2. The first-order chi connectivity index (χ1) is 31.1. The second-order valence-electron chi connectivity index (χ2n) is 15.8. The molecule has 6 aromatic rings. The van der Waals surface area contributed by atoms with Crippen LogP contribution in [0.4, 0.5) is 11.9 Å². The smallest absolute Gasteiger partial charge is 0.276 e. The van der Waals surface area contributed by atoms with Gasteiger partial charge in [-0.15, -0.1) is 0 Å². The van der Waals surface area contributed by atoms with Gasteiger partial charge in [-0.05, 0) is 83.5 Å². The number of imidazole rings is 2. The van der Waals surface area contributed by atoms with Crippen molar-refractivity contribution in [3.8, 4) is 11.5 Å². The molecule has 4 aromatic heterocycles. The van der Waals surface area contributed by atoms with Crippen LogP contribution in [0.2, 0.25) is 0 Å². The number of benzene rings is 2. The lowest BCUT2D eigenvalue weighted by Gasteiger charge is -2.26. The third-order valence-electron chi connectivity index (χ3n) is 11.2. The van der Waals surface area contributed by atoms with Gasteiger partial charge in [-0.25, -0.2) is 9.97 Å². The first-order valence-electron chi connectivity index (χ1n) is 21.9. The number of nitrogens with one attached hydrogen (secondary N) is 3. The van der Waals surface area contributed by atoms with Crippen LogP contribution < -0.4 is 25.4 Å². The highest BCUT2D eigenvalue weighted by Gasteiger charge is 2.24. The van der Waals surface area contributed by atoms with E-state index in [1.807, 2.05) is 49.0 Å². The topological polar surface area (TPSA) is 207 Å². The molecule has 2 aliphatic rings. The number of hydrogen-bond acceptors (Lipinski definition) is 12. The zero-order valence-electron chi connectivity index (χ0n) is 36.7. The van der Waals surface area contributed by atoms with E-state index in [4.69, 9.17) is 24.2 Å². The number of carbonyl (C=O) groups excluding carboxylic acids is 4. The molecule has 1 fully saturated rings. The van der Waals surface area contributed by atoms with Crippen LogP contribution in [-0.4, -0.2) is 120 Å². The van der Waals surface area contributed by atoms with Crippen molar-refractivity contribution in [2.24, 2.45) is 0 Å². The zero-order valence-corrected chi connectivity index (χ0v) is 36.7. The summed E-state index contributed by atoms with van der Waals surface area (Å²) in [6.45, 7) is 14.1. The second-order valence-corrected chi connectivity index (χ2v) is 15.8. The van der Waals surface area contributed by atoms with E-state index in [0.717, 1.165) is 52.0 Å². The fraction of sp³-hybridized carbons (Fsp3) is 0.422. The van der Waals surface area contributed by atoms with Crippen molar-refractivity contribution in [1.82, 2.24) is 48.9 Å². The van der Waals surface area contributed by atoms with E-state index in [1.165, 1.54) is 0 Å². The van der Waals surface area contributed by atoms with Gasteiger partial charge in [-0.3, -0.25) is 44.1 Å². The van der Waals surface area contributed by atoms with E-state index >= 15 is 0 Å². The fourth-order valence-electron chi connectivity index (χ4n) is 8.09. The van der Waals surface area contributed by atoms with Crippen LogP contribution >= 0.6 is 0 Å². The number of morpholine rings is 1. The van der Waals surface area contributed by atoms with Crippen LogP contribution in [-0.2, 0) is 30.9 Å². The van der Waals surface area contributed by atoms with E-state index in [2.05, 4.69) is 31.0 Å². The number of ether oxygens (including phenoxy) is 3. The number of hydrogen-bond donors (Lipinski definition) is 3. The maximum atomic E-state index is 13.9. The molecule has 19 heteroatoms. The number of unbranched alkanes of at least 4 members (excludes halogenated alkanes) is 1. The lowest BCUT2D eigenvalue weighted by Crippen LogP contribution is -2.37. The first-order valence-corrected chi connectivity index (χ1v) is 21.9. The summed E-state index contributed by atoms with van der Waals surface area (Å²) in [6.07, 6.45) is 6.73. The van der Waals surface area contributed by atoms with Crippen LogP contribution in [0.1, 0.15) is 86.2 Å². The molecule has 1 saturated heterocycles. The number of aromatic nitrogens is 8. The van der Waals surface area contributed by atoms with Gasteiger partial charge in [-0.2, -0.15) is 10.2 Å². The molecule has 3 N–H and O–H groups in total. The standard InChI is InChI=1S/C45H54N12O7/c1-5-56-35(22-29(3)51-56)42(60)49-44-47-33-24-31(28-58)25-37-39(33)54(44)14-9-10-15-55-40-34(48-45(55)50-43(61)36-23-30(4)52-57(36)6-2)26-32(27-38(40)64-19-11-18-63-37)41(59)46-12-7-8-13-53-16-20-62-21-17-53/h9-10,22-28H,5-8,11-21H2,1-4H3,(H,46,59)(H,47,49,60)(H,48,50,61)/b10-9+. The Labute approximate surface area is 369 Å². The third kappa shape index (κ3) is 9.54. The van der Waals surface area contributed by atoms with Gasteiger partial charge in [0.2, 0.25) is 11.9 Å². The molecular formula is C45H54N12O7. The molecule has 0 saturated carbocycles. The number of allylic oxidation sites excluding steroid dienone is 2. The summed E-state index contributed by atoms with van der Waals surface area (Å²) in [5.41, 5.74) is 4.99. The number of rotatable bonds is 13. The maximum absolute atomic E-state index is 13.9. The fourth-order valence-corrected chi connectivity index (χ4v) is 8.09. The molecule has 0 unspecified atom stereocenters. The van der Waals surface area contributed by atoms with Crippen LogP contribution in [0.25, 0.3) is 22.1 Å². The average Bonchev–Trinajstić information content (AvgIpc) is 4.06. The predicted octanol–water partition coefficient (Wildman–Crippen LogP) is 5.01. The molecule has 19 nitrogen and oxygen atoms in total. The summed E-state index contributed by atoms with van der Waals surface area (Å²) >= 11 is 0. The van der Waals surface area contributed by atoms with Crippen molar-refractivity contribution in [3.05, 3.63) is 82.5 Å². The highest BCUT2D eigenvalue weighted by molar-refractivity contribution is 6.05. The second kappa shape index (κ2) is 19.7. The first kappa shape index (κ1) is 43.8. The van der Waals surface area contributed by atoms with E-state index in [1.54, 1.807) is 45.8 Å². The molecule has 0 atom stereocenters. The monoisotopic (exact) mass is 874 g/mol. The van der Waals surface area contributed by atoms with Gasteiger partial charge in [0.15, 0.2) is 0 Å². The molecule has 64 heavy (non-hydrogen) atoms. The third-order valence-corrected chi connectivity index (χ3v) is 11.2. The van der Waals surface area contributed by atoms with Crippen molar-refractivity contribution in [1.29, 1.82) is 0 Å². The molecule has 6 heterocycles. The van der Waals surface area contributed by atoms with E-state index in [0.29, 0.717) is 93.5 Å². The summed E-state index contributed by atoms with van der Waals surface area (Å²) in [4.78, 5) is 65.4. The Morgan fingerprint density at radius 1 is 0.703 bits per heavy atom. The van der Waals surface area contributed by atoms with Crippen molar-refractivity contribution in [3.63, 3.8) is 0 Å². The largest absolute Gasteiger partial charge is 0.491 e. The van der Waals surface area contributed by atoms with Crippen molar-refractivity contribution >= 4 is 58.0 Å². The lowest BCUT2D eigenvalue weighted by atomic mass is 10.1. The zero-order chi connectivity index (χ0) is 44.7. The van der Waals surface area contributed by atoms with Crippen LogP contribution in [0.15, 0.2) is 48.6 Å². The van der Waals surface area contributed by atoms with E-state index in [9.17, 15) is 19.2 Å². The molecular weight excluding hydrogens is 821 g/mol. The quantitative estimate of drug-likeness (QED) is 0.0796. The maximum Gasteiger partial charge on any atom is 0.276 e. The lowest BCUT2D eigenvalue weighted by molar-refractivity contribution is 0.0372. The molecule has 336 valence electrons. The summed E-state index contributed by atoms with van der Waals surface area (Å²) < 4.78 is 25.2. The van der Waals surface area contributed by atoms with Gasteiger partial charge >= 0.3 is 0 Å². The minimum Gasteiger partial charge on any atom is -0.491 e. The van der Waals surface area contributed by atoms with Gasteiger partial charge in [0.05, 0.1) is 48.8 Å². The predicted molar refractivity (Wildman–Crippen MR) is 240 cm³/mol. The van der Waals surface area contributed by atoms with Gasteiger partial charge in [0.1, 0.15) is 40.2 Å². The van der Waals surface area contributed by atoms with Crippen molar-refractivity contribution < 1.29 is 33.4 Å². The molecule has 0 aliphatic carbocycles. The minimum atomic E-state index is -0.393. The normalized spacial score (nSPS) is 15.2. The van der Waals surface area contributed by atoms with Crippen LogP contribution in [0, 0.1) is 13.8 Å². The Morgan fingerprint density at radius 2 is 1.27 bits per heavy atom. The molecule has 2 aromatic carbocycles. The summed E-state index contributed by atoms with van der Waals surface area (Å²) in [5, 5.41) is 17.9. The molecule has 0 spiro atoms. The Balaban J connectivity index is 1.13. The van der Waals surface area contributed by atoms with Crippen LogP contribution in [0.5, 0.6) is 11.5 Å². The van der Waals surface area contributed by atoms with E-state index < -0.39 is 11.8 Å². The van der Waals surface area contributed by atoms with Gasteiger partial charge < -0.3 is 28.7 Å². The van der Waals surface area contributed by atoms with Gasteiger partial charge in [0.25, 0.3) is 17.7 Å². The highest BCUT2D eigenvalue weighted by Crippen LogP contribution is 2.34. The highest BCUT2D eigenvalue weighted by atomic mass is 16.5. The number of nitrogens with zero attached hydrogens (tertiary/aromatic N) is 9. The van der Waals surface area contributed by atoms with Gasteiger partial charge in [0, 0.05) is 63.4 Å². The average molecular weight is 875 g/mol. The number of carbonyl (C=O) groups is 4. The summed E-state index contributed by atoms with van der Waals surface area (Å²) in [6, 6.07) is 10.2. The molecule has 0 radical (unpaired) electrons.